The van der Waals surface area contributed by atoms with E-state index in [9.17, 15) is 4.79 Å². The summed E-state index contributed by atoms with van der Waals surface area (Å²) in [6, 6.07) is 17.3. The summed E-state index contributed by atoms with van der Waals surface area (Å²) in [5.41, 5.74) is 3.18. The van der Waals surface area contributed by atoms with Crippen molar-refractivity contribution in [2.24, 2.45) is 0 Å². The van der Waals surface area contributed by atoms with E-state index in [1.165, 1.54) is 0 Å². The summed E-state index contributed by atoms with van der Waals surface area (Å²) in [6.45, 7) is 2.08. The number of benzene rings is 2. The van der Waals surface area contributed by atoms with Crippen LogP contribution in [0.25, 0.3) is 0 Å². The van der Waals surface area contributed by atoms with Crippen LogP contribution in [-0.4, -0.2) is 11.1 Å². The molecule has 2 aromatic carbocycles. The van der Waals surface area contributed by atoms with Crippen molar-refractivity contribution in [2.75, 3.05) is 0 Å². The Morgan fingerprint density at radius 2 is 1.84 bits per heavy atom. The lowest BCUT2D eigenvalue weighted by molar-refractivity contribution is -0.140. The molecule has 0 bridgehead atoms. The first kappa shape index (κ1) is 17.9. The fourth-order valence-corrected chi connectivity index (χ4v) is 3.30. The minimum atomic E-state index is -0.354. The molecule has 0 amide bonds. The Balaban J connectivity index is 1.84. The van der Waals surface area contributed by atoms with Gasteiger partial charge in [0.1, 0.15) is 6.61 Å². The lowest BCUT2D eigenvalue weighted by Crippen LogP contribution is -2.45. The fraction of sp³-hybridized carbons (Fsp3) is 0.158. The first-order valence-electron chi connectivity index (χ1n) is 7.79. The summed E-state index contributed by atoms with van der Waals surface area (Å²) in [7, 11) is 0. The molecule has 1 atom stereocenters. The van der Waals surface area contributed by atoms with E-state index in [1.54, 1.807) is 0 Å². The van der Waals surface area contributed by atoms with Gasteiger partial charge in [0, 0.05) is 9.27 Å². The second-order valence-corrected chi connectivity index (χ2v) is 7.34. The molecule has 25 heavy (non-hydrogen) atoms. The quantitative estimate of drug-likeness (QED) is 0.410. The average molecular weight is 464 g/mol. The number of nitrogens with one attached hydrogen (secondary N) is 2. The Bertz CT molecular complexity index is 819. The molecule has 0 radical (unpaired) electrons. The largest absolute Gasteiger partial charge is 0.457 e. The highest BCUT2D eigenvalue weighted by Crippen LogP contribution is 2.28. The molecule has 0 aliphatic carbocycles. The SMILES string of the molecule is CC1=C(C(=O)OCc2ccccc2)[C@@H](c2ccc(I)cc2)NC(=S)N1. The van der Waals surface area contributed by atoms with Crippen LogP contribution in [-0.2, 0) is 16.1 Å². The molecule has 3 rings (SSSR count). The highest BCUT2D eigenvalue weighted by molar-refractivity contribution is 14.1. The van der Waals surface area contributed by atoms with Crippen LogP contribution in [0, 0.1) is 3.57 Å². The van der Waals surface area contributed by atoms with Gasteiger partial charge in [-0.25, -0.2) is 4.79 Å². The van der Waals surface area contributed by atoms with Crippen molar-refractivity contribution in [1.82, 2.24) is 10.6 Å². The maximum atomic E-state index is 12.7. The molecule has 0 saturated carbocycles. The molecule has 128 valence electrons. The van der Waals surface area contributed by atoms with Gasteiger partial charge >= 0.3 is 5.97 Å². The second kappa shape index (κ2) is 7.97. The zero-order valence-electron chi connectivity index (χ0n) is 13.6. The number of hydrogen-bond donors (Lipinski definition) is 2. The fourth-order valence-electron chi connectivity index (χ4n) is 2.67. The lowest BCUT2D eigenvalue weighted by atomic mass is 9.96. The summed E-state index contributed by atoms with van der Waals surface area (Å²) >= 11 is 7.51. The monoisotopic (exact) mass is 464 g/mol. The van der Waals surface area contributed by atoms with Crippen molar-refractivity contribution in [2.45, 2.75) is 19.6 Å². The Hall–Kier alpha value is -1.93. The van der Waals surface area contributed by atoms with Gasteiger partial charge in [-0.3, -0.25) is 0 Å². The molecule has 2 aromatic rings. The lowest BCUT2D eigenvalue weighted by Gasteiger charge is -2.30. The zero-order valence-corrected chi connectivity index (χ0v) is 16.6. The van der Waals surface area contributed by atoms with Gasteiger partial charge in [-0.2, -0.15) is 0 Å². The normalized spacial score (nSPS) is 16.9. The maximum absolute atomic E-state index is 12.7. The van der Waals surface area contributed by atoms with Gasteiger partial charge in [-0.15, -0.1) is 0 Å². The van der Waals surface area contributed by atoms with Gasteiger partial charge in [0.05, 0.1) is 11.6 Å². The van der Waals surface area contributed by atoms with Crippen molar-refractivity contribution in [3.8, 4) is 0 Å². The van der Waals surface area contributed by atoms with Crippen LogP contribution in [0.3, 0.4) is 0 Å². The van der Waals surface area contributed by atoms with Crippen LogP contribution in [0.4, 0.5) is 0 Å². The van der Waals surface area contributed by atoms with E-state index in [0.29, 0.717) is 16.4 Å². The Labute approximate surface area is 165 Å². The standard InChI is InChI=1S/C19H17IN2O2S/c1-12-16(18(23)24-11-13-5-3-2-4-6-13)17(22-19(25)21-12)14-7-9-15(20)10-8-14/h2-10,17H,11H2,1H3,(H2,21,22,25)/t17-/m1/s1. The molecule has 1 heterocycles. The van der Waals surface area contributed by atoms with Gasteiger partial charge in [0.25, 0.3) is 0 Å². The summed E-state index contributed by atoms with van der Waals surface area (Å²) in [5, 5.41) is 6.69. The molecular formula is C19H17IN2O2S. The topological polar surface area (TPSA) is 50.4 Å². The number of rotatable bonds is 4. The third kappa shape index (κ3) is 4.38. The minimum absolute atomic E-state index is 0.236. The van der Waals surface area contributed by atoms with Crippen LogP contribution in [0.5, 0.6) is 0 Å². The first-order chi connectivity index (χ1) is 12.0. The predicted octanol–water partition coefficient (Wildman–Crippen LogP) is 3.83. The molecule has 0 unspecified atom stereocenters. The van der Waals surface area contributed by atoms with E-state index in [-0.39, 0.29) is 18.6 Å². The van der Waals surface area contributed by atoms with Crippen molar-refractivity contribution >= 4 is 45.9 Å². The van der Waals surface area contributed by atoms with Gasteiger partial charge < -0.3 is 15.4 Å². The highest BCUT2D eigenvalue weighted by atomic mass is 127. The maximum Gasteiger partial charge on any atom is 0.338 e. The molecule has 0 saturated heterocycles. The molecule has 1 aliphatic heterocycles. The van der Waals surface area contributed by atoms with Crippen LogP contribution in [0.15, 0.2) is 65.9 Å². The summed E-state index contributed by atoms with van der Waals surface area (Å²) in [4.78, 5) is 12.7. The predicted molar refractivity (Wildman–Crippen MR) is 110 cm³/mol. The molecule has 2 N–H and O–H groups in total. The molecule has 0 fully saturated rings. The van der Waals surface area contributed by atoms with Crippen LogP contribution >= 0.6 is 34.8 Å². The number of esters is 1. The molecule has 1 aliphatic rings. The van der Waals surface area contributed by atoms with Crippen molar-refractivity contribution < 1.29 is 9.53 Å². The number of carbonyl (C=O) groups excluding carboxylic acids is 1. The molecule has 0 aromatic heterocycles. The van der Waals surface area contributed by atoms with Crippen molar-refractivity contribution in [3.05, 3.63) is 80.6 Å². The van der Waals surface area contributed by atoms with E-state index in [0.717, 1.165) is 14.7 Å². The Kier molecular flexibility index (Phi) is 5.70. The van der Waals surface area contributed by atoms with E-state index in [4.69, 9.17) is 17.0 Å². The molecule has 4 nitrogen and oxygen atoms in total. The van der Waals surface area contributed by atoms with Crippen LogP contribution in [0.1, 0.15) is 24.1 Å². The van der Waals surface area contributed by atoms with E-state index < -0.39 is 0 Å². The summed E-state index contributed by atoms with van der Waals surface area (Å²) < 4.78 is 6.66. The first-order valence-corrected chi connectivity index (χ1v) is 9.28. The number of thiocarbonyl (C=S) groups is 1. The van der Waals surface area contributed by atoms with Gasteiger partial charge in [-0.05, 0) is 65.0 Å². The third-order valence-corrected chi connectivity index (χ3v) is 4.84. The van der Waals surface area contributed by atoms with Crippen LogP contribution < -0.4 is 10.6 Å². The number of hydrogen-bond acceptors (Lipinski definition) is 3. The van der Waals surface area contributed by atoms with E-state index >= 15 is 0 Å². The molecule has 0 spiro atoms. The van der Waals surface area contributed by atoms with Crippen molar-refractivity contribution in [1.29, 1.82) is 0 Å². The highest BCUT2D eigenvalue weighted by Gasteiger charge is 2.30. The van der Waals surface area contributed by atoms with Crippen molar-refractivity contribution in [3.63, 3.8) is 0 Å². The molecule has 6 heteroatoms. The van der Waals surface area contributed by atoms with E-state index in [2.05, 4.69) is 33.2 Å². The molecular weight excluding hydrogens is 447 g/mol. The smallest absolute Gasteiger partial charge is 0.338 e. The number of ether oxygens (including phenoxy) is 1. The average Bonchev–Trinajstić information content (AvgIpc) is 2.60. The van der Waals surface area contributed by atoms with Crippen LogP contribution in [0.2, 0.25) is 0 Å². The number of carbonyl (C=O) groups is 1. The minimum Gasteiger partial charge on any atom is -0.457 e. The number of allylic oxidation sites excluding steroid dienone is 1. The second-order valence-electron chi connectivity index (χ2n) is 5.68. The Morgan fingerprint density at radius 3 is 2.52 bits per heavy atom. The van der Waals surface area contributed by atoms with Gasteiger partial charge in [0.2, 0.25) is 0 Å². The number of halogens is 1. The van der Waals surface area contributed by atoms with Gasteiger partial charge in [0.15, 0.2) is 5.11 Å². The summed E-state index contributed by atoms with van der Waals surface area (Å²) in [6.07, 6.45) is 0. The van der Waals surface area contributed by atoms with Gasteiger partial charge in [-0.1, -0.05) is 42.5 Å². The van der Waals surface area contributed by atoms with E-state index in [1.807, 2.05) is 61.5 Å². The third-order valence-electron chi connectivity index (χ3n) is 3.91. The Morgan fingerprint density at radius 1 is 1.16 bits per heavy atom. The zero-order chi connectivity index (χ0) is 17.8. The summed E-state index contributed by atoms with van der Waals surface area (Å²) in [5.74, 6) is -0.354.